The van der Waals surface area contributed by atoms with Gasteiger partial charge in [0.2, 0.25) is 5.91 Å². The van der Waals surface area contributed by atoms with Crippen molar-refractivity contribution in [2.24, 2.45) is 23.5 Å². The topological polar surface area (TPSA) is 84.2 Å². The van der Waals surface area contributed by atoms with Crippen LogP contribution >= 0.6 is 12.4 Å². The van der Waals surface area contributed by atoms with Gasteiger partial charge in [0, 0.05) is 24.2 Å². The third-order valence-corrected chi connectivity index (χ3v) is 5.93. The van der Waals surface area contributed by atoms with Gasteiger partial charge in [0.25, 0.3) is 5.91 Å². The van der Waals surface area contributed by atoms with E-state index < -0.39 is 0 Å². The van der Waals surface area contributed by atoms with Gasteiger partial charge in [0.05, 0.1) is 5.92 Å². The molecule has 2 bridgehead atoms. The Morgan fingerprint density at radius 3 is 2.65 bits per heavy atom. The third kappa shape index (κ3) is 4.38. The quantitative estimate of drug-likeness (QED) is 0.710. The molecule has 144 valence electrons. The molecule has 5 nitrogen and oxygen atoms in total. The molecule has 6 heteroatoms. The molecular weight excluding hydrogens is 350 g/mol. The van der Waals surface area contributed by atoms with E-state index in [9.17, 15) is 9.59 Å². The molecule has 0 saturated heterocycles. The molecule has 0 spiro atoms. The largest absolute Gasteiger partial charge is 0.352 e. The number of carbonyl (C=O) groups is 2. The molecule has 5 atom stereocenters. The van der Waals surface area contributed by atoms with Crippen LogP contribution in [0.5, 0.6) is 0 Å². The second kappa shape index (κ2) is 8.87. The van der Waals surface area contributed by atoms with E-state index in [1.54, 1.807) is 6.07 Å². The van der Waals surface area contributed by atoms with Gasteiger partial charge in [0.15, 0.2) is 0 Å². The molecule has 2 amide bonds. The SMILES string of the molecule is CCC(C)NC(=O)c1cccc(CNC(=O)C2C3CCC(C3)C2N)c1.Cl. The minimum Gasteiger partial charge on any atom is -0.352 e. The molecule has 26 heavy (non-hydrogen) atoms. The van der Waals surface area contributed by atoms with Crippen molar-refractivity contribution in [2.45, 2.75) is 58.2 Å². The fourth-order valence-corrected chi connectivity index (χ4v) is 4.26. The van der Waals surface area contributed by atoms with Crippen LogP contribution in [0.15, 0.2) is 24.3 Å². The van der Waals surface area contributed by atoms with Crippen LogP contribution in [0.2, 0.25) is 0 Å². The van der Waals surface area contributed by atoms with E-state index in [1.165, 1.54) is 6.42 Å². The molecule has 0 aromatic heterocycles. The number of nitrogens with two attached hydrogens (primary N) is 1. The lowest BCUT2D eigenvalue weighted by molar-refractivity contribution is -0.127. The minimum absolute atomic E-state index is 0. The van der Waals surface area contributed by atoms with Crippen LogP contribution in [0, 0.1) is 17.8 Å². The van der Waals surface area contributed by atoms with E-state index in [0.29, 0.717) is 23.9 Å². The number of carbonyl (C=O) groups excluding carboxylic acids is 2. The number of benzene rings is 1. The summed E-state index contributed by atoms with van der Waals surface area (Å²) < 4.78 is 0. The standard InChI is InChI=1S/C20H29N3O2.ClH/c1-3-12(2)23-19(24)16-6-4-5-13(9-16)11-22-20(25)17-14-7-8-15(10-14)18(17)21;/h4-6,9,12,14-15,17-18H,3,7-8,10-11,21H2,1-2H3,(H,22,25)(H,23,24);1H. The van der Waals surface area contributed by atoms with Crippen molar-refractivity contribution in [3.8, 4) is 0 Å². The first-order valence-corrected chi connectivity index (χ1v) is 9.42. The number of halogens is 1. The van der Waals surface area contributed by atoms with Gasteiger partial charge in [-0.1, -0.05) is 19.1 Å². The second-order valence-electron chi connectivity index (χ2n) is 7.64. The summed E-state index contributed by atoms with van der Waals surface area (Å²) in [7, 11) is 0. The van der Waals surface area contributed by atoms with Crippen LogP contribution < -0.4 is 16.4 Å². The van der Waals surface area contributed by atoms with E-state index in [0.717, 1.165) is 24.8 Å². The summed E-state index contributed by atoms with van der Waals surface area (Å²) in [5, 5.41) is 5.99. The summed E-state index contributed by atoms with van der Waals surface area (Å²) in [5.41, 5.74) is 7.80. The lowest BCUT2D eigenvalue weighted by Crippen LogP contribution is -2.45. The Morgan fingerprint density at radius 1 is 1.27 bits per heavy atom. The first-order valence-electron chi connectivity index (χ1n) is 9.42. The Morgan fingerprint density at radius 2 is 2.00 bits per heavy atom. The second-order valence-corrected chi connectivity index (χ2v) is 7.64. The molecule has 3 rings (SSSR count). The normalized spacial score (nSPS) is 27.5. The van der Waals surface area contributed by atoms with Gasteiger partial charge in [-0.2, -0.15) is 0 Å². The summed E-state index contributed by atoms with van der Waals surface area (Å²) in [4.78, 5) is 24.8. The highest BCUT2D eigenvalue weighted by atomic mass is 35.5. The molecule has 5 unspecified atom stereocenters. The number of amides is 2. The van der Waals surface area contributed by atoms with Gasteiger partial charge in [-0.15, -0.1) is 12.4 Å². The fourth-order valence-electron chi connectivity index (χ4n) is 4.26. The summed E-state index contributed by atoms with van der Waals surface area (Å²) >= 11 is 0. The van der Waals surface area contributed by atoms with Crippen LogP contribution in [-0.4, -0.2) is 23.9 Å². The van der Waals surface area contributed by atoms with Gasteiger partial charge in [-0.3, -0.25) is 9.59 Å². The Labute approximate surface area is 161 Å². The molecule has 2 aliphatic rings. The maximum absolute atomic E-state index is 12.6. The van der Waals surface area contributed by atoms with Gasteiger partial charge in [0.1, 0.15) is 0 Å². The third-order valence-electron chi connectivity index (χ3n) is 5.93. The molecule has 0 heterocycles. The Bertz CT molecular complexity index is 650. The lowest BCUT2D eigenvalue weighted by atomic mass is 9.84. The molecule has 2 saturated carbocycles. The first-order chi connectivity index (χ1) is 12.0. The van der Waals surface area contributed by atoms with Crippen LogP contribution in [0.4, 0.5) is 0 Å². The van der Waals surface area contributed by atoms with Crippen molar-refractivity contribution in [3.63, 3.8) is 0 Å². The van der Waals surface area contributed by atoms with Gasteiger partial charge >= 0.3 is 0 Å². The van der Waals surface area contributed by atoms with E-state index >= 15 is 0 Å². The summed E-state index contributed by atoms with van der Waals surface area (Å²) in [6.07, 6.45) is 4.29. The number of hydrogen-bond donors (Lipinski definition) is 3. The number of hydrogen-bond acceptors (Lipinski definition) is 3. The van der Waals surface area contributed by atoms with E-state index in [4.69, 9.17) is 5.73 Å². The Balaban J connectivity index is 0.00000243. The summed E-state index contributed by atoms with van der Waals surface area (Å²) in [5.74, 6) is 0.920. The summed E-state index contributed by atoms with van der Waals surface area (Å²) in [6, 6.07) is 7.59. The minimum atomic E-state index is -0.0716. The highest BCUT2D eigenvalue weighted by Crippen LogP contribution is 2.47. The smallest absolute Gasteiger partial charge is 0.251 e. The van der Waals surface area contributed by atoms with Crippen molar-refractivity contribution in [1.82, 2.24) is 10.6 Å². The van der Waals surface area contributed by atoms with E-state index in [2.05, 4.69) is 10.6 Å². The fraction of sp³-hybridized carbons (Fsp3) is 0.600. The molecule has 2 aliphatic carbocycles. The van der Waals surface area contributed by atoms with Crippen molar-refractivity contribution in [3.05, 3.63) is 35.4 Å². The predicted octanol–water partition coefficient (Wildman–Crippen LogP) is 2.63. The van der Waals surface area contributed by atoms with Crippen LogP contribution in [0.25, 0.3) is 0 Å². The van der Waals surface area contributed by atoms with Crippen LogP contribution in [0.3, 0.4) is 0 Å². The zero-order valence-electron chi connectivity index (χ0n) is 15.5. The van der Waals surface area contributed by atoms with Crippen LogP contribution in [-0.2, 0) is 11.3 Å². The maximum atomic E-state index is 12.6. The van der Waals surface area contributed by atoms with Crippen molar-refractivity contribution in [1.29, 1.82) is 0 Å². The number of rotatable bonds is 6. The molecule has 4 N–H and O–H groups in total. The van der Waals surface area contributed by atoms with E-state index in [1.807, 2.05) is 32.0 Å². The zero-order chi connectivity index (χ0) is 18.0. The first kappa shape index (κ1) is 20.7. The van der Waals surface area contributed by atoms with Crippen molar-refractivity contribution < 1.29 is 9.59 Å². The maximum Gasteiger partial charge on any atom is 0.251 e. The van der Waals surface area contributed by atoms with Crippen molar-refractivity contribution >= 4 is 24.2 Å². The molecule has 0 radical (unpaired) electrons. The van der Waals surface area contributed by atoms with Gasteiger partial charge in [-0.05, 0) is 62.1 Å². The average Bonchev–Trinajstić information content (AvgIpc) is 3.21. The molecular formula is C20H30ClN3O2. The van der Waals surface area contributed by atoms with Crippen molar-refractivity contribution in [2.75, 3.05) is 0 Å². The predicted molar refractivity (Wildman–Crippen MR) is 105 cm³/mol. The monoisotopic (exact) mass is 379 g/mol. The van der Waals surface area contributed by atoms with Gasteiger partial charge in [-0.25, -0.2) is 0 Å². The number of nitrogens with one attached hydrogen (secondary N) is 2. The molecule has 1 aromatic rings. The molecule has 2 fully saturated rings. The van der Waals surface area contributed by atoms with Gasteiger partial charge < -0.3 is 16.4 Å². The summed E-state index contributed by atoms with van der Waals surface area (Å²) in [6.45, 7) is 4.46. The molecule has 0 aliphatic heterocycles. The zero-order valence-corrected chi connectivity index (χ0v) is 16.4. The highest BCUT2D eigenvalue weighted by molar-refractivity contribution is 5.94. The lowest BCUT2D eigenvalue weighted by Gasteiger charge is -2.27. The molecule has 1 aromatic carbocycles. The number of fused-ring (bicyclic) bond motifs is 2. The van der Waals surface area contributed by atoms with E-state index in [-0.39, 0.29) is 42.2 Å². The average molecular weight is 380 g/mol. The highest BCUT2D eigenvalue weighted by Gasteiger charge is 2.48. The Hall–Kier alpha value is -1.59. The van der Waals surface area contributed by atoms with Crippen LogP contribution in [0.1, 0.15) is 55.5 Å². The Kier molecular flexibility index (Phi) is 7.07.